The second-order valence-electron chi connectivity index (χ2n) is 6.46. The number of carbonyl (C=O) groups is 2. The van der Waals surface area contributed by atoms with Gasteiger partial charge in [0.15, 0.2) is 0 Å². The SMILES string of the molecule is CCOc1cc(OCC)cc(C(=O)NC2(C(=O)O)CC2c2ccccc2)c1. The number of nitrogens with one attached hydrogen (secondary N) is 1. The summed E-state index contributed by atoms with van der Waals surface area (Å²) >= 11 is 0. The monoisotopic (exact) mass is 369 g/mol. The van der Waals surface area contributed by atoms with Crippen LogP contribution in [0.3, 0.4) is 0 Å². The Hall–Kier alpha value is -3.02. The van der Waals surface area contributed by atoms with Gasteiger partial charge in [-0.1, -0.05) is 30.3 Å². The molecule has 0 heterocycles. The first-order valence-corrected chi connectivity index (χ1v) is 9.01. The Morgan fingerprint density at radius 1 is 1.07 bits per heavy atom. The summed E-state index contributed by atoms with van der Waals surface area (Å²) in [4.78, 5) is 24.7. The van der Waals surface area contributed by atoms with Crippen molar-refractivity contribution in [3.8, 4) is 11.5 Å². The van der Waals surface area contributed by atoms with Crippen molar-refractivity contribution < 1.29 is 24.2 Å². The Morgan fingerprint density at radius 3 is 2.19 bits per heavy atom. The maximum atomic E-state index is 12.8. The molecular weight excluding hydrogens is 346 g/mol. The summed E-state index contributed by atoms with van der Waals surface area (Å²) in [5, 5.41) is 12.5. The molecule has 1 fully saturated rings. The second-order valence-corrected chi connectivity index (χ2v) is 6.46. The molecule has 1 amide bonds. The van der Waals surface area contributed by atoms with Crippen LogP contribution in [-0.4, -0.2) is 35.7 Å². The third-order valence-electron chi connectivity index (χ3n) is 4.65. The standard InChI is InChI=1S/C21H23NO5/c1-3-26-16-10-15(11-17(12-16)27-4-2)19(23)22-21(20(24)25)13-18(21)14-8-6-5-7-9-14/h5-12,18H,3-4,13H2,1-2H3,(H,22,23)(H,24,25). The van der Waals surface area contributed by atoms with Crippen LogP contribution in [-0.2, 0) is 4.79 Å². The fourth-order valence-corrected chi connectivity index (χ4v) is 3.26. The van der Waals surface area contributed by atoms with Crippen LogP contribution < -0.4 is 14.8 Å². The van der Waals surface area contributed by atoms with E-state index in [-0.39, 0.29) is 5.92 Å². The van der Waals surface area contributed by atoms with Gasteiger partial charge in [0.05, 0.1) is 13.2 Å². The first kappa shape index (κ1) is 18.8. The summed E-state index contributed by atoms with van der Waals surface area (Å²) in [6, 6.07) is 14.3. The van der Waals surface area contributed by atoms with Crippen molar-refractivity contribution in [2.75, 3.05) is 13.2 Å². The predicted octanol–water partition coefficient (Wildman–Crippen LogP) is 3.22. The summed E-state index contributed by atoms with van der Waals surface area (Å²) in [7, 11) is 0. The van der Waals surface area contributed by atoms with Gasteiger partial charge in [-0.25, -0.2) is 4.79 Å². The van der Waals surface area contributed by atoms with Crippen LogP contribution in [0.5, 0.6) is 11.5 Å². The van der Waals surface area contributed by atoms with E-state index in [2.05, 4.69) is 5.32 Å². The van der Waals surface area contributed by atoms with Crippen LogP contribution in [0.1, 0.15) is 42.1 Å². The molecule has 1 aliphatic rings. The Balaban J connectivity index is 1.84. The van der Waals surface area contributed by atoms with E-state index in [1.165, 1.54) is 0 Å². The zero-order valence-corrected chi connectivity index (χ0v) is 15.4. The van der Waals surface area contributed by atoms with E-state index in [0.717, 1.165) is 5.56 Å². The molecule has 142 valence electrons. The lowest BCUT2D eigenvalue weighted by molar-refractivity contribution is -0.140. The van der Waals surface area contributed by atoms with E-state index < -0.39 is 17.4 Å². The lowest BCUT2D eigenvalue weighted by Gasteiger charge is -2.16. The molecule has 27 heavy (non-hydrogen) atoms. The summed E-state index contributed by atoms with van der Waals surface area (Å²) in [5.41, 5.74) is -0.0757. The normalized spacial score (nSPS) is 20.6. The number of benzene rings is 2. The Kier molecular flexibility index (Phi) is 5.35. The average molecular weight is 369 g/mol. The molecule has 2 aromatic carbocycles. The van der Waals surface area contributed by atoms with E-state index in [1.807, 2.05) is 44.2 Å². The molecule has 6 heteroatoms. The molecule has 0 saturated heterocycles. The molecule has 3 rings (SSSR count). The highest BCUT2D eigenvalue weighted by molar-refractivity contribution is 6.00. The van der Waals surface area contributed by atoms with E-state index >= 15 is 0 Å². The number of carboxylic acid groups (broad SMARTS) is 1. The minimum Gasteiger partial charge on any atom is -0.494 e. The van der Waals surface area contributed by atoms with Gasteiger partial charge in [-0.3, -0.25) is 4.79 Å². The maximum absolute atomic E-state index is 12.8. The Morgan fingerprint density at radius 2 is 1.67 bits per heavy atom. The number of carbonyl (C=O) groups excluding carboxylic acids is 1. The van der Waals surface area contributed by atoms with Crippen LogP contribution in [0.15, 0.2) is 48.5 Å². The molecule has 2 atom stereocenters. The van der Waals surface area contributed by atoms with E-state index in [4.69, 9.17) is 9.47 Å². The number of amides is 1. The summed E-state index contributed by atoms with van der Waals surface area (Å²) in [6.45, 7) is 4.60. The molecule has 2 N–H and O–H groups in total. The second kappa shape index (κ2) is 7.70. The first-order valence-electron chi connectivity index (χ1n) is 9.01. The molecule has 1 aliphatic carbocycles. The van der Waals surface area contributed by atoms with Crippen LogP contribution in [0, 0.1) is 0 Å². The van der Waals surface area contributed by atoms with Crippen LogP contribution in [0.2, 0.25) is 0 Å². The number of aliphatic carboxylic acids is 1. The van der Waals surface area contributed by atoms with Gasteiger partial charge in [-0.15, -0.1) is 0 Å². The lowest BCUT2D eigenvalue weighted by atomic mass is 10.1. The van der Waals surface area contributed by atoms with Gasteiger partial charge in [-0.2, -0.15) is 0 Å². The van der Waals surface area contributed by atoms with Crippen molar-refractivity contribution in [2.24, 2.45) is 0 Å². The zero-order valence-electron chi connectivity index (χ0n) is 15.4. The van der Waals surface area contributed by atoms with E-state index in [9.17, 15) is 14.7 Å². The fourth-order valence-electron chi connectivity index (χ4n) is 3.26. The van der Waals surface area contributed by atoms with Crippen molar-refractivity contribution in [1.82, 2.24) is 5.32 Å². The Bertz CT molecular complexity index is 811. The van der Waals surface area contributed by atoms with Gasteiger partial charge >= 0.3 is 5.97 Å². The smallest absolute Gasteiger partial charge is 0.330 e. The molecular formula is C21H23NO5. The van der Waals surface area contributed by atoms with Crippen molar-refractivity contribution in [1.29, 1.82) is 0 Å². The highest BCUT2D eigenvalue weighted by Gasteiger charge is 2.62. The molecule has 6 nitrogen and oxygen atoms in total. The van der Waals surface area contributed by atoms with Crippen molar-refractivity contribution in [3.05, 3.63) is 59.7 Å². The van der Waals surface area contributed by atoms with Gasteiger partial charge in [0, 0.05) is 17.5 Å². The number of ether oxygens (including phenoxy) is 2. The highest BCUT2D eigenvalue weighted by atomic mass is 16.5. The molecule has 2 unspecified atom stereocenters. The molecule has 0 spiro atoms. The van der Waals surface area contributed by atoms with Gasteiger partial charge in [0.1, 0.15) is 17.0 Å². The third-order valence-corrected chi connectivity index (χ3v) is 4.65. The van der Waals surface area contributed by atoms with Crippen molar-refractivity contribution in [3.63, 3.8) is 0 Å². The lowest BCUT2D eigenvalue weighted by Crippen LogP contribution is -2.44. The van der Waals surface area contributed by atoms with Crippen LogP contribution >= 0.6 is 0 Å². The number of hydrogen-bond acceptors (Lipinski definition) is 4. The summed E-state index contributed by atoms with van der Waals surface area (Å²) < 4.78 is 11.0. The number of carboxylic acids is 1. The topological polar surface area (TPSA) is 84.9 Å². The fraction of sp³-hybridized carbons (Fsp3) is 0.333. The molecule has 0 aliphatic heterocycles. The third kappa shape index (κ3) is 3.89. The quantitative estimate of drug-likeness (QED) is 0.746. The van der Waals surface area contributed by atoms with E-state index in [1.54, 1.807) is 18.2 Å². The maximum Gasteiger partial charge on any atom is 0.330 e. The summed E-state index contributed by atoms with van der Waals surface area (Å²) in [5.74, 6) is -0.725. The minimum absolute atomic E-state index is 0.249. The van der Waals surface area contributed by atoms with Crippen LogP contribution in [0.25, 0.3) is 0 Å². The molecule has 0 aromatic heterocycles. The van der Waals surface area contributed by atoms with Crippen molar-refractivity contribution in [2.45, 2.75) is 31.7 Å². The van der Waals surface area contributed by atoms with Gasteiger partial charge in [-0.05, 0) is 38.0 Å². The van der Waals surface area contributed by atoms with Gasteiger partial charge < -0.3 is 19.9 Å². The zero-order chi connectivity index (χ0) is 19.4. The first-order chi connectivity index (χ1) is 13.0. The molecule has 1 saturated carbocycles. The van der Waals surface area contributed by atoms with Crippen LogP contribution in [0.4, 0.5) is 0 Å². The van der Waals surface area contributed by atoms with Crippen molar-refractivity contribution >= 4 is 11.9 Å². The summed E-state index contributed by atoms with van der Waals surface area (Å²) in [6.07, 6.45) is 0.363. The van der Waals surface area contributed by atoms with Gasteiger partial charge in [0.25, 0.3) is 5.91 Å². The molecule has 0 radical (unpaired) electrons. The molecule has 0 bridgehead atoms. The van der Waals surface area contributed by atoms with E-state index in [0.29, 0.717) is 36.7 Å². The number of rotatable bonds is 8. The largest absolute Gasteiger partial charge is 0.494 e. The van der Waals surface area contributed by atoms with Gasteiger partial charge in [0.2, 0.25) is 0 Å². The minimum atomic E-state index is -1.29. The Labute approximate surface area is 158 Å². The highest BCUT2D eigenvalue weighted by Crippen LogP contribution is 2.51. The predicted molar refractivity (Wildman–Crippen MR) is 100 cm³/mol. The number of hydrogen-bond donors (Lipinski definition) is 2. The average Bonchev–Trinajstić information content (AvgIpc) is 3.38. The molecule has 2 aromatic rings.